The zero-order valence-corrected chi connectivity index (χ0v) is 11.5. The van der Waals surface area contributed by atoms with E-state index in [4.69, 9.17) is 0 Å². The van der Waals surface area contributed by atoms with Crippen molar-refractivity contribution >= 4 is 37.2 Å². The van der Waals surface area contributed by atoms with Gasteiger partial charge >= 0.3 is 0 Å². The summed E-state index contributed by atoms with van der Waals surface area (Å²) < 4.78 is 22.9. The Hall–Kier alpha value is -1.21. The van der Waals surface area contributed by atoms with Gasteiger partial charge < -0.3 is 5.32 Å². The van der Waals surface area contributed by atoms with Crippen LogP contribution in [0.5, 0.6) is 0 Å². The summed E-state index contributed by atoms with van der Waals surface area (Å²) in [5.74, 6) is 1.91. The molecule has 0 saturated carbocycles. The minimum absolute atomic E-state index is 0.0348. The fourth-order valence-electron chi connectivity index (χ4n) is 2.17. The van der Waals surface area contributed by atoms with E-state index in [9.17, 15) is 8.42 Å². The molecule has 0 amide bonds. The molecule has 0 radical (unpaired) electrons. The average molecular weight is 283 g/mol. The molecule has 0 aliphatic carbocycles. The Bertz CT molecular complexity index is 693. The van der Waals surface area contributed by atoms with Crippen LogP contribution >= 0.6 is 11.3 Å². The van der Waals surface area contributed by atoms with Gasteiger partial charge in [0, 0.05) is 6.04 Å². The lowest BCUT2D eigenvalue weighted by Gasteiger charge is -2.12. The third-order valence-electron chi connectivity index (χ3n) is 3.01. The molecule has 18 heavy (non-hydrogen) atoms. The lowest BCUT2D eigenvalue weighted by Crippen LogP contribution is -2.21. The highest BCUT2D eigenvalue weighted by molar-refractivity contribution is 7.91. The maximum Gasteiger partial charge on any atom is 0.152 e. The minimum atomic E-state index is -2.87. The van der Waals surface area contributed by atoms with Gasteiger partial charge in [-0.25, -0.2) is 18.4 Å². The molecular weight excluding hydrogens is 270 g/mol. The highest BCUT2D eigenvalue weighted by atomic mass is 32.2. The molecule has 1 N–H and O–H groups in total. The molecule has 0 spiro atoms. The summed E-state index contributed by atoms with van der Waals surface area (Å²) in [6.07, 6.45) is 0.650. The summed E-state index contributed by atoms with van der Waals surface area (Å²) in [5.41, 5.74) is 0. The summed E-state index contributed by atoms with van der Waals surface area (Å²) in [5, 5.41) is 6.18. The first-order valence-electron chi connectivity index (χ1n) is 5.72. The Morgan fingerprint density at radius 1 is 1.44 bits per heavy atom. The van der Waals surface area contributed by atoms with Crippen molar-refractivity contribution in [3.8, 4) is 0 Å². The third-order valence-corrected chi connectivity index (χ3v) is 5.58. The lowest BCUT2D eigenvalue weighted by molar-refractivity contribution is 0.602. The Balaban J connectivity index is 1.93. The van der Waals surface area contributed by atoms with Crippen LogP contribution in [-0.2, 0) is 9.84 Å². The van der Waals surface area contributed by atoms with Crippen LogP contribution < -0.4 is 5.32 Å². The van der Waals surface area contributed by atoms with Crippen molar-refractivity contribution in [1.29, 1.82) is 0 Å². The number of anilines is 1. The molecule has 3 rings (SSSR count). The van der Waals surface area contributed by atoms with E-state index in [2.05, 4.69) is 15.3 Å². The maximum atomic E-state index is 11.4. The number of fused-ring (bicyclic) bond motifs is 1. The zero-order valence-electron chi connectivity index (χ0n) is 9.88. The summed E-state index contributed by atoms with van der Waals surface area (Å²) in [6.45, 7) is 1.84. The van der Waals surface area contributed by atoms with Crippen molar-refractivity contribution in [2.45, 2.75) is 19.4 Å². The van der Waals surface area contributed by atoms with Crippen LogP contribution in [0.1, 0.15) is 12.2 Å². The number of sulfone groups is 1. The maximum absolute atomic E-state index is 11.4. The van der Waals surface area contributed by atoms with E-state index >= 15 is 0 Å². The summed E-state index contributed by atoms with van der Waals surface area (Å²) in [4.78, 5) is 9.66. The van der Waals surface area contributed by atoms with Gasteiger partial charge in [0.25, 0.3) is 0 Å². The highest BCUT2D eigenvalue weighted by Crippen LogP contribution is 2.26. The van der Waals surface area contributed by atoms with E-state index in [1.165, 1.54) is 0 Å². The molecule has 1 fully saturated rings. The van der Waals surface area contributed by atoms with Crippen LogP contribution in [0.2, 0.25) is 0 Å². The zero-order chi connectivity index (χ0) is 12.8. The van der Waals surface area contributed by atoms with Crippen LogP contribution in [-0.4, -0.2) is 35.9 Å². The Morgan fingerprint density at radius 3 is 3.00 bits per heavy atom. The monoisotopic (exact) mass is 283 g/mol. The predicted molar refractivity (Wildman–Crippen MR) is 72.8 cm³/mol. The van der Waals surface area contributed by atoms with Gasteiger partial charge in [-0.05, 0) is 24.8 Å². The Labute approximate surface area is 109 Å². The minimum Gasteiger partial charge on any atom is -0.366 e. The second-order valence-electron chi connectivity index (χ2n) is 4.50. The molecule has 5 nitrogen and oxygen atoms in total. The molecule has 7 heteroatoms. The van der Waals surface area contributed by atoms with Gasteiger partial charge in [0.15, 0.2) is 9.84 Å². The lowest BCUT2D eigenvalue weighted by atomic mass is 10.2. The second-order valence-corrected chi connectivity index (χ2v) is 7.63. The standard InChI is InChI=1S/C11H13N3O2S2/c1-7-12-10(9-2-4-17-11(9)13-7)14-8-3-5-18(15,16)6-8/h2,4,8H,3,5-6H2,1H3,(H,12,13,14). The number of thiophene rings is 1. The number of hydrogen-bond acceptors (Lipinski definition) is 6. The summed E-state index contributed by atoms with van der Waals surface area (Å²) in [6, 6.07) is 1.93. The number of aromatic nitrogens is 2. The van der Waals surface area contributed by atoms with E-state index in [-0.39, 0.29) is 17.5 Å². The van der Waals surface area contributed by atoms with Crippen molar-refractivity contribution in [3.05, 3.63) is 17.3 Å². The number of rotatable bonds is 2. The normalized spacial score (nSPS) is 22.4. The van der Waals surface area contributed by atoms with E-state index in [1.54, 1.807) is 11.3 Å². The molecule has 1 aliphatic rings. The predicted octanol–water partition coefficient (Wildman–Crippen LogP) is 1.60. The Kier molecular flexibility index (Phi) is 2.74. The molecule has 0 bridgehead atoms. The van der Waals surface area contributed by atoms with Gasteiger partial charge in [0.2, 0.25) is 0 Å². The molecular formula is C11H13N3O2S2. The molecule has 1 atom stereocenters. The van der Waals surface area contributed by atoms with Crippen LogP contribution in [0.3, 0.4) is 0 Å². The van der Waals surface area contributed by atoms with Gasteiger partial charge in [0.05, 0.1) is 16.9 Å². The number of nitrogens with one attached hydrogen (secondary N) is 1. The van der Waals surface area contributed by atoms with E-state index in [0.717, 1.165) is 16.0 Å². The number of hydrogen-bond donors (Lipinski definition) is 1. The van der Waals surface area contributed by atoms with Gasteiger partial charge in [-0.2, -0.15) is 0 Å². The first kappa shape index (κ1) is 11.9. The Morgan fingerprint density at radius 2 is 2.28 bits per heavy atom. The molecule has 1 aliphatic heterocycles. The molecule has 2 aromatic heterocycles. The van der Waals surface area contributed by atoms with Gasteiger partial charge in [-0.3, -0.25) is 0 Å². The largest absolute Gasteiger partial charge is 0.366 e. The number of nitrogens with zero attached hydrogens (tertiary/aromatic N) is 2. The van der Waals surface area contributed by atoms with E-state index in [0.29, 0.717) is 12.2 Å². The van der Waals surface area contributed by atoms with Crippen LogP contribution in [0.4, 0.5) is 5.82 Å². The second kappa shape index (κ2) is 4.17. The van der Waals surface area contributed by atoms with Crippen molar-refractivity contribution < 1.29 is 8.42 Å². The topological polar surface area (TPSA) is 72.0 Å². The number of aryl methyl sites for hydroxylation is 1. The van der Waals surface area contributed by atoms with Gasteiger partial charge in [-0.15, -0.1) is 11.3 Å². The van der Waals surface area contributed by atoms with Gasteiger partial charge in [0.1, 0.15) is 16.5 Å². The van der Waals surface area contributed by atoms with Gasteiger partial charge in [-0.1, -0.05) is 0 Å². The molecule has 2 aromatic rings. The fourth-order valence-corrected chi connectivity index (χ4v) is 4.66. The van der Waals surface area contributed by atoms with E-state index < -0.39 is 9.84 Å². The third kappa shape index (κ3) is 2.20. The molecule has 0 aromatic carbocycles. The SMILES string of the molecule is Cc1nc(NC2CCS(=O)(=O)C2)c2ccsc2n1. The van der Waals surface area contributed by atoms with Crippen molar-refractivity contribution in [1.82, 2.24) is 9.97 Å². The summed E-state index contributed by atoms with van der Waals surface area (Å²) >= 11 is 1.56. The first-order chi connectivity index (χ1) is 8.53. The average Bonchev–Trinajstić information content (AvgIpc) is 2.84. The highest BCUT2D eigenvalue weighted by Gasteiger charge is 2.28. The van der Waals surface area contributed by atoms with Crippen molar-refractivity contribution in [3.63, 3.8) is 0 Å². The van der Waals surface area contributed by atoms with Crippen LogP contribution in [0.25, 0.3) is 10.2 Å². The van der Waals surface area contributed by atoms with Crippen molar-refractivity contribution in [2.24, 2.45) is 0 Å². The summed E-state index contributed by atoms with van der Waals surface area (Å²) in [7, 11) is -2.87. The van der Waals surface area contributed by atoms with E-state index in [1.807, 2.05) is 18.4 Å². The molecule has 1 unspecified atom stereocenters. The smallest absolute Gasteiger partial charge is 0.152 e. The quantitative estimate of drug-likeness (QED) is 0.906. The fraction of sp³-hybridized carbons (Fsp3) is 0.455. The van der Waals surface area contributed by atoms with Crippen LogP contribution in [0, 0.1) is 6.92 Å². The van der Waals surface area contributed by atoms with Crippen LogP contribution in [0.15, 0.2) is 11.4 Å². The molecule has 96 valence electrons. The first-order valence-corrected chi connectivity index (χ1v) is 8.42. The molecule has 1 saturated heterocycles. The van der Waals surface area contributed by atoms with Crippen molar-refractivity contribution in [2.75, 3.05) is 16.8 Å². The molecule has 3 heterocycles.